The first-order valence-corrected chi connectivity index (χ1v) is 5.41. The molecule has 0 fully saturated rings. The molecule has 2 rings (SSSR count). The summed E-state index contributed by atoms with van der Waals surface area (Å²) in [7, 11) is 0. The smallest absolute Gasteiger partial charge is 0.0407 e. The van der Waals surface area contributed by atoms with Crippen molar-refractivity contribution in [3.8, 4) is 0 Å². The maximum atomic E-state index is 5.82. The van der Waals surface area contributed by atoms with Gasteiger partial charge in [0.15, 0.2) is 0 Å². The molecule has 2 heteroatoms. The van der Waals surface area contributed by atoms with Crippen LogP contribution in [0.5, 0.6) is 0 Å². The number of rotatable bonds is 3. The van der Waals surface area contributed by atoms with Crippen molar-refractivity contribution in [3.63, 3.8) is 0 Å². The molecule has 0 saturated carbocycles. The summed E-state index contributed by atoms with van der Waals surface area (Å²) in [6.07, 6.45) is 1.83. The summed E-state index contributed by atoms with van der Waals surface area (Å²) >= 11 is 5.82. The second kappa shape index (κ2) is 4.86. The Morgan fingerprint density at radius 3 is 2.44 bits per heavy atom. The molecule has 1 nitrogen and oxygen atoms in total. The van der Waals surface area contributed by atoms with Crippen molar-refractivity contribution >= 4 is 29.1 Å². The Balaban J connectivity index is 2.20. The van der Waals surface area contributed by atoms with Gasteiger partial charge in [-0.1, -0.05) is 36.4 Å². The molecule has 2 aromatic carbocycles. The summed E-state index contributed by atoms with van der Waals surface area (Å²) in [6.45, 7) is 3.75. The van der Waals surface area contributed by atoms with E-state index in [-0.39, 0.29) is 0 Å². The molecule has 0 heterocycles. The summed E-state index contributed by atoms with van der Waals surface area (Å²) in [5.41, 5.74) is 3.16. The number of anilines is 2. The van der Waals surface area contributed by atoms with E-state index in [1.54, 1.807) is 0 Å². The number of hydrogen-bond acceptors (Lipinski definition) is 1. The molecule has 0 unspecified atom stereocenters. The maximum absolute atomic E-state index is 5.82. The lowest BCUT2D eigenvalue weighted by Gasteiger charge is -2.07. The van der Waals surface area contributed by atoms with Crippen LogP contribution in [0.15, 0.2) is 55.1 Å². The lowest BCUT2D eigenvalue weighted by atomic mass is 10.2. The highest BCUT2D eigenvalue weighted by Gasteiger charge is 1.95. The standard InChI is InChI=1S/C14H12ClN/c1-2-11-4-3-5-14(10-11)16-13-8-6-12(15)7-9-13/h2-10,16H,1H2. The number of halogens is 1. The van der Waals surface area contributed by atoms with Crippen molar-refractivity contribution in [2.45, 2.75) is 0 Å². The molecule has 0 aliphatic heterocycles. The van der Waals surface area contributed by atoms with Crippen molar-refractivity contribution in [3.05, 3.63) is 65.7 Å². The first-order valence-electron chi connectivity index (χ1n) is 5.03. The summed E-state index contributed by atoms with van der Waals surface area (Å²) in [6, 6.07) is 15.7. The topological polar surface area (TPSA) is 12.0 Å². The van der Waals surface area contributed by atoms with Gasteiger partial charge in [-0.05, 0) is 42.0 Å². The van der Waals surface area contributed by atoms with Crippen LogP contribution in [0.4, 0.5) is 11.4 Å². The van der Waals surface area contributed by atoms with Gasteiger partial charge in [-0.3, -0.25) is 0 Å². The van der Waals surface area contributed by atoms with Gasteiger partial charge in [0, 0.05) is 16.4 Å². The van der Waals surface area contributed by atoms with E-state index in [9.17, 15) is 0 Å². The van der Waals surface area contributed by atoms with Crippen LogP contribution in [0, 0.1) is 0 Å². The fourth-order valence-electron chi connectivity index (χ4n) is 1.44. The van der Waals surface area contributed by atoms with Crippen LogP contribution in [0.2, 0.25) is 5.02 Å². The average molecular weight is 230 g/mol. The lowest BCUT2D eigenvalue weighted by Crippen LogP contribution is -1.89. The van der Waals surface area contributed by atoms with Gasteiger partial charge in [0.2, 0.25) is 0 Å². The van der Waals surface area contributed by atoms with Gasteiger partial charge in [-0.15, -0.1) is 0 Å². The van der Waals surface area contributed by atoms with Gasteiger partial charge in [0.1, 0.15) is 0 Å². The largest absolute Gasteiger partial charge is 0.356 e. The van der Waals surface area contributed by atoms with Gasteiger partial charge < -0.3 is 5.32 Å². The van der Waals surface area contributed by atoms with Crippen molar-refractivity contribution in [1.29, 1.82) is 0 Å². The molecule has 0 saturated heterocycles. The van der Waals surface area contributed by atoms with Gasteiger partial charge in [0.05, 0.1) is 0 Å². The van der Waals surface area contributed by atoms with E-state index >= 15 is 0 Å². The molecule has 80 valence electrons. The Morgan fingerprint density at radius 1 is 1.00 bits per heavy atom. The Hall–Kier alpha value is -1.73. The van der Waals surface area contributed by atoms with Crippen molar-refractivity contribution in [2.75, 3.05) is 5.32 Å². The second-order valence-electron chi connectivity index (χ2n) is 3.46. The monoisotopic (exact) mass is 229 g/mol. The molecule has 0 radical (unpaired) electrons. The van der Waals surface area contributed by atoms with Gasteiger partial charge >= 0.3 is 0 Å². The first kappa shape index (κ1) is 10.8. The molecule has 0 bridgehead atoms. The Bertz CT molecular complexity index is 488. The highest BCUT2D eigenvalue weighted by atomic mass is 35.5. The third kappa shape index (κ3) is 2.65. The molecule has 16 heavy (non-hydrogen) atoms. The Morgan fingerprint density at radius 2 is 1.75 bits per heavy atom. The van der Waals surface area contributed by atoms with Crippen molar-refractivity contribution < 1.29 is 0 Å². The van der Waals surface area contributed by atoms with E-state index in [4.69, 9.17) is 11.6 Å². The predicted molar refractivity (Wildman–Crippen MR) is 71.3 cm³/mol. The van der Waals surface area contributed by atoms with Crippen molar-refractivity contribution in [2.24, 2.45) is 0 Å². The third-order valence-corrected chi connectivity index (χ3v) is 2.51. The van der Waals surface area contributed by atoms with Crippen LogP contribution < -0.4 is 5.32 Å². The number of hydrogen-bond donors (Lipinski definition) is 1. The van der Waals surface area contributed by atoms with Gasteiger partial charge in [0.25, 0.3) is 0 Å². The summed E-state index contributed by atoms with van der Waals surface area (Å²) in [4.78, 5) is 0. The number of nitrogens with one attached hydrogen (secondary N) is 1. The van der Waals surface area contributed by atoms with E-state index in [1.165, 1.54) is 0 Å². The summed E-state index contributed by atoms with van der Waals surface area (Å²) in [5.74, 6) is 0. The fraction of sp³-hybridized carbons (Fsp3) is 0. The SMILES string of the molecule is C=Cc1cccc(Nc2ccc(Cl)cc2)c1. The van der Waals surface area contributed by atoms with Gasteiger partial charge in [-0.2, -0.15) is 0 Å². The highest BCUT2D eigenvalue weighted by Crippen LogP contribution is 2.19. The van der Waals surface area contributed by atoms with Crippen LogP contribution >= 0.6 is 11.6 Å². The zero-order chi connectivity index (χ0) is 11.4. The van der Waals surface area contributed by atoms with Crippen LogP contribution in [0.3, 0.4) is 0 Å². The highest BCUT2D eigenvalue weighted by molar-refractivity contribution is 6.30. The van der Waals surface area contributed by atoms with E-state index in [1.807, 2.05) is 54.6 Å². The Labute approximate surface area is 100 Å². The van der Waals surface area contributed by atoms with Crippen LogP contribution in [-0.2, 0) is 0 Å². The van der Waals surface area contributed by atoms with E-state index in [0.29, 0.717) is 0 Å². The summed E-state index contributed by atoms with van der Waals surface area (Å²) in [5, 5.41) is 4.04. The summed E-state index contributed by atoms with van der Waals surface area (Å²) < 4.78 is 0. The normalized spacial score (nSPS) is 9.81. The quantitative estimate of drug-likeness (QED) is 0.803. The molecule has 0 atom stereocenters. The van der Waals surface area contributed by atoms with Crippen LogP contribution in [0.25, 0.3) is 6.08 Å². The van der Waals surface area contributed by atoms with Crippen molar-refractivity contribution in [1.82, 2.24) is 0 Å². The molecule has 2 aromatic rings. The zero-order valence-electron chi connectivity index (χ0n) is 8.78. The fourth-order valence-corrected chi connectivity index (χ4v) is 1.57. The minimum absolute atomic E-state index is 0.741. The van der Waals surface area contributed by atoms with E-state index < -0.39 is 0 Å². The van der Waals surface area contributed by atoms with E-state index in [0.717, 1.165) is 22.0 Å². The predicted octanol–water partition coefficient (Wildman–Crippen LogP) is 4.73. The zero-order valence-corrected chi connectivity index (χ0v) is 9.54. The first-order chi connectivity index (χ1) is 7.78. The van der Waals surface area contributed by atoms with Gasteiger partial charge in [-0.25, -0.2) is 0 Å². The third-order valence-electron chi connectivity index (χ3n) is 2.26. The minimum Gasteiger partial charge on any atom is -0.356 e. The molecule has 1 N–H and O–H groups in total. The molecule has 0 amide bonds. The minimum atomic E-state index is 0.741. The molecule has 0 aliphatic carbocycles. The molecular weight excluding hydrogens is 218 g/mol. The molecular formula is C14H12ClN. The number of benzene rings is 2. The molecule has 0 aromatic heterocycles. The second-order valence-corrected chi connectivity index (χ2v) is 3.90. The molecule has 0 aliphatic rings. The van der Waals surface area contributed by atoms with Crippen LogP contribution in [0.1, 0.15) is 5.56 Å². The van der Waals surface area contributed by atoms with E-state index in [2.05, 4.69) is 11.9 Å². The Kier molecular flexibility index (Phi) is 3.28. The average Bonchev–Trinajstić information content (AvgIpc) is 2.32. The van der Waals surface area contributed by atoms with Crippen LogP contribution in [-0.4, -0.2) is 0 Å². The molecule has 0 spiro atoms. The lowest BCUT2D eigenvalue weighted by molar-refractivity contribution is 1.54. The maximum Gasteiger partial charge on any atom is 0.0407 e.